The Hall–Kier alpha value is -2.40. The maximum Gasteiger partial charge on any atom is 0.229 e. The van der Waals surface area contributed by atoms with Crippen molar-refractivity contribution in [1.29, 1.82) is 0 Å². The van der Waals surface area contributed by atoms with Gasteiger partial charge in [0.1, 0.15) is 11.5 Å². The average Bonchev–Trinajstić information content (AvgIpc) is 2.81. The molecule has 2 aromatic rings. The minimum absolute atomic E-state index is 0.0105. The quantitative estimate of drug-likeness (QED) is 0.723. The Morgan fingerprint density at radius 2 is 1.89 bits per heavy atom. The van der Waals surface area contributed by atoms with Crippen LogP contribution in [0.15, 0.2) is 28.7 Å². The van der Waals surface area contributed by atoms with Gasteiger partial charge in [-0.05, 0) is 18.2 Å². The van der Waals surface area contributed by atoms with E-state index < -0.39 is 11.6 Å². The number of fused-ring (bicyclic) bond motifs is 2. The van der Waals surface area contributed by atoms with E-state index in [9.17, 15) is 14.7 Å². The zero-order chi connectivity index (χ0) is 13.6. The molecule has 0 amide bonds. The Balaban J connectivity index is 2.21. The third kappa shape index (κ3) is 1.59. The summed E-state index contributed by atoms with van der Waals surface area (Å²) in [6.45, 7) is -0.132. The number of furan rings is 1. The molecule has 0 radical (unpaired) electrons. The molecule has 0 atom stereocenters. The minimum atomic E-state index is -0.435. The van der Waals surface area contributed by atoms with Crippen LogP contribution in [0.3, 0.4) is 0 Å². The van der Waals surface area contributed by atoms with Crippen LogP contribution in [-0.4, -0.2) is 28.4 Å². The predicted octanol–water partition coefficient (Wildman–Crippen LogP) is 1.30. The molecule has 0 saturated heterocycles. The van der Waals surface area contributed by atoms with Gasteiger partial charge >= 0.3 is 0 Å². The fraction of sp³-hybridized carbons (Fsp3) is 0.143. The Bertz CT molecular complexity index is 696. The van der Waals surface area contributed by atoms with Crippen LogP contribution in [0.25, 0.3) is 0 Å². The number of aliphatic hydroxyl groups excluding tert-OH is 1. The molecule has 1 aliphatic rings. The molecule has 19 heavy (non-hydrogen) atoms. The van der Waals surface area contributed by atoms with Gasteiger partial charge in [0.25, 0.3) is 0 Å². The summed E-state index contributed by atoms with van der Waals surface area (Å²) >= 11 is 0. The number of hydrogen-bond donors (Lipinski definition) is 2. The van der Waals surface area contributed by atoms with E-state index in [1.54, 1.807) is 0 Å². The molecule has 1 heterocycles. The third-order valence-electron chi connectivity index (χ3n) is 3.11. The van der Waals surface area contributed by atoms with Crippen molar-refractivity contribution >= 4 is 11.6 Å². The van der Waals surface area contributed by atoms with Crippen molar-refractivity contribution in [1.82, 2.24) is 0 Å². The molecule has 0 saturated carbocycles. The molecule has 1 aromatic heterocycles. The molecule has 3 rings (SSSR count). The lowest BCUT2D eigenvalue weighted by Crippen LogP contribution is -2.19. The van der Waals surface area contributed by atoms with E-state index in [2.05, 4.69) is 0 Å². The minimum Gasteiger partial charge on any atom is -0.507 e. The van der Waals surface area contributed by atoms with E-state index in [0.717, 1.165) is 0 Å². The monoisotopic (exact) mass is 258 g/mol. The summed E-state index contributed by atoms with van der Waals surface area (Å²) in [6, 6.07) is 5.79. The number of carbonyl (C=O) groups excluding carboxylic acids is 2. The summed E-state index contributed by atoms with van der Waals surface area (Å²) in [6.07, 6.45) is 0.232. The average molecular weight is 258 g/mol. The number of phenols is 1. The molecule has 0 fully saturated rings. The van der Waals surface area contributed by atoms with Crippen LogP contribution >= 0.6 is 0 Å². The number of benzene rings is 1. The van der Waals surface area contributed by atoms with Gasteiger partial charge in [0.2, 0.25) is 11.6 Å². The van der Waals surface area contributed by atoms with Crippen LogP contribution in [0, 0.1) is 0 Å². The first-order chi connectivity index (χ1) is 9.13. The Morgan fingerprint density at radius 1 is 1.11 bits per heavy atom. The number of aromatic hydroxyl groups is 1. The standard InChI is InChI=1S/C14H10O5/c15-5-4-7-6-9-12(17)11-8(2-1-3-10(11)16)13(18)14(9)19-7/h1-3,6,15-16H,4-5H2. The highest BCUT2D eigenvalue weighted by Crippen LogP contribution is 2.34. The molecule has 5 nitrogen and oxygen atoms in total. The second-order valence-corrected chi connectivity index (χ2v) is 4.29. The summed E-state index contributed by atoms with van der Waals surface area (Å²) in [7, 11) is 0. The lowest BCUT2D eigenvalue weighted by atomic mass is 9.88. The van der Waals surface area contributed by atoms with Crippen LogP contribution in [0.5, 0.6) is 5.75 Å². The second kappa shape index (κ2) is 4.07. The molecular weight excluding hydrogens is 248 g/mol. The molecule has 1 aromatic carbocycles. The van der Waals surface area contributed by atoms with Gasteiger partial charge in [-0.2, -0.15) is 0 Å². The molecule has 0 aliphatic heterocycles. The Kier molecular flexibility index (Phi) is 2.50. The number of hydrogen-bond acceptors (Lipinski definition) is 5. The van der Waals surface area contributed by atoms with Crippen molar-refractivity contribution in [3.05, 3.63) is 52.5 Å². The van der Waals surface area contributed by atoms with E-state index in [1.165, 1.54) is 24.3 Å². The van der Waals surface area contributed by atoms with Gasteiger partial charge in [0.15, 0.2) is 5.76 Å². The van der Waals surface area contributed by atoms with Crippen molar-refractivity contribution in [3.8, 4) is 5.75 Å². The van der Waals surface area contributed by atoms with E-state index in [-0.39, 0.29) is 41.2 Å². The molecule has 5 heteroatoms. The van der Waals surface area contributed by atoms with E-state index >= 15 is 0 Å². The highest BCUT2D eigenvalue weighted by molar-refractivity contribution is 6.28. The maximum atomic E-state index is 12.3. The van der Waals surface area contributed by atoms with Crippen LogP contribution in [0.2, 0.25) is 0 Å². The van der Waals surface area contributed by atoms with Crippen molar-refractivity contribution in [2.75, 3.05) is 6.61 Å². The van der Waals surface area contributed by atoms with Gasteiger partial charge < -0.3 is 14.6 Å². The van der Waals surface area contributed by atoms with Crippen LogP contribution in [-0.2, 0) is 6.42 Å². The van der Waals surface area contributed by atoms with Gasteiger partial charge in [-0.15, -0.1) is 0 Å². The van der Waals surface area contributed by atoms with Gasteiger partial charge in [0.05, 0.1) is 17.7 Å². The van der Waals surface area contributed by atoms with E-state index in [0.29, 0.717) is 5.76 Å². The highest BCUT2D eigenvalue weighted by Gasteiger charge is 2.35. The Labute approximate surface area is 108 Å². The molecule has 2 N–H and O–H groups in total. The first kappa shape index (κ1) is 11.7. The summed E-state index contributed by atoms with van der Waals surface area (Å²) in [5.74, 6) is -0.722. The normalized spacial score (nSPS) is 13.3. The van der Waals surface area contributed by atoms with Crippen LogP contribution in [0.1, 0.15) is 37.8 Å². The smallest absolute Gasteiger partial charge is 0.229 e. The fourth-order valence-electron chi connectivity index (χ4n) is 2.24. The van der Waals surface area contributed by atoms with Gasteiger partial charge in [0, 0.05) is 12.0 Å². The number of carbonyl (C=O) groups is 2. The van der Waals surface area contributed by atoms with E-state index in [4.69, 9.17) is 9.52 Å². The van der Waals surface area contributed by atoms with Crippen molar-refractivity contribution in [2.24, 2.45) is 0 Å². The Morgan fingerprint density at radius 3 is 2.63 bits per heavy atom. The lowest BCUT2D eigenvalue weighted by molar-refractivity contribution is 0.0957. The number of ketones is 2. The zero-order valence-electron chi connectivity index (χ0n) is 9.84. The fourth-order valence-corrected chi connectivity index (χ4v) is 2.24. The highest BCUT2D eigenvalue weighted by atomic mass is 16.4. The molecular formula is C14H10O5. The number of phenolic OH excluding ortho intramolecular Hbond substituents is 1. The van der Waals surface area contributed by atoms with Crippen molar-refractivity contribution in [3.63, 3.8) is 0 Å². The van der Waals surface area contributed by atoms with Gasteiger partial charge in [-0.3, -0.25) is 9.59 Å². The molecule has 1 aliphatic carbocycles. The first-order valence-electron chi connectivity index (χ1n) is 5.78. The molecule has 0 unspecified atom stereocenters. The first-order valence-corrected chi connectivity index (χ1v) is 5.78. The van der Waals surface area contributed by atoms with Crippen molar-refractivity contribution in [2.45, 2.75) is 6.42 Å². The molecule has 96 valence electrons. The summed E-state index contributed by atoms with van der Waals surface area (Å²) < 4.78 is 5.31. The van der Waals surface area contributed by atoms with Crippen LogP contribution in [0.4, 0.5) is 0 Å². The van der Waals surface area contributed by atoms with Gasteiger partial charge in [-0.1, -0.05) is 6.07 Å². The lowest BCUT2D eigenvalue weighted by Gasteiger charge is -2.13. The number of rotatable bonds is 2. The maximum absolute atomic E-state index is 12.3. The van der Waals surface area contributed by atoms with Gasteiger partial charge in [-0.25, -0.2) is 0 Å². The van der Waals surface area contributed by atoms with Crippen molar-refractivity contribution < 1.29 is 24.2 Å². The molecule has 0 bridgehead atoms. The zero-order valence-corrected chi connectivity index (χ0v) is 9.84. The summed E-state index contributed by atoms with van der Waals surface area (Å²) in [5.41, 5.74) is 0.293. The number of aliphatic hydroxyl groups is 1. The molecule has 0 spiro atoms. The predicted molar refractivity (Wildman–Crippen MR) is 64.5 cm³/mol. The second-order valence-electron chi connectivity index (χ2n) is 4.29. The van der Waals surface area contributed by atoms with E-state index in [1.807, 2.05) is 0 Å². The topological polar surface area (TPSA) is 87.7 Å². The largest absolute Gasteiger partial charge is 0.507 e. The van der Waals surface area contributed by atoms with Crippen LogP contribution < -0.4 is 0 Å². The SMILES string of the molecule is O=C1c2cccc(O)c2C(=O)c2cc(CCO)oc21. The summed E-state index contributed by atoms with van der Waals surface area (Å²) in [4.78, 5) is 24.5. The third-order valence-corrected chi connectivity index (χ3v) is 3.11. The summed E-state index contributed by atoms with van der Waals surface area (Å²) in [5, 5.41) is 18.6.